The van der Waals surface area contributed by atoms with Crippen molar-refractivity contribution in [2.45, 2.75) is 32.7 Å². The molecule has 7 nitrogen and oxygen atoms in total. The van der Waals surface area contributed by atoms with E-state index in [1.54, 1.807) is 0 Å². The summed E-state index contributed by atoms with van der Waals surface area (Å²) in [5, 5.41) is 10.8. The largest absolute Gasteiger partial charge is 0.481 e. The Hall–Kier alpha value is -1.63. The number of hydrogen-bond acceptors (Lipinski definition) is 5. The highest BCUT2D eigenvalue weighted by atomic mass is 16.5. The number of amides is 1. The highest BCUT2D eigenvalue weighted by Crippen LogP contribution is 2.00. The molecular formula is C11H20N2O5. The highest BCUT2D eigenvalue weighted by Gasteiger charge is 2.16. The summed E-state index contributed by atoms with van der Waals surface area (Å²) < 4.78 is 4.85. The van der Waals surface area contributed by atoms with Gasteiger partial charge in [-0.1, -0.05) is 13.8 Å². The average molecular weight is 260 g/mol. The van der Waals surface area contributed by atoms with Crippen molar-refractivity contribution in [1.82, 2.24) is 5.32 Å². The van der Waals surface area contributed by atoms with Gasteiger partial charge in [-0.25, -0.2) is 0 Å². The first-order chi connectivity index (χ1) is 8.32. The van der Waals surface area contributed by atoms with Crippen molar-refractivity contribution < 1.29 is 24.2 Å². The number of nitrogens with one attached hydrogen (secondary N) is 1. The molecule has 0 aromatic heterocycles. The number of carbonyl (C=O) groups excluding carboxylic acids is 2. The zero-order valence-electron chi connectivity index (χ0n) is 10.6. The van der Waals surface area contributed by atoms with Gasteiger partial charge in [-0.2, -0.15) is 0 Å². The molecule has 18 heavy (non-hydrogen) atoms. The molecule has 4 N–H and O–H groups in total. The van der Waals surface area contributed by atoms with Crippen molar-refractivity contribution in [3.05, 3.63) is 0 Å². The monoisotopic (exact) mass is 260 g/mol. The second-order valence-corrected chi connectivity index (χ2v) is 4.31. The Kier molecular flexibility index (Phi) is 7.69. The van der Waals surface area contributed by atoms with E-state index >= 15 is 0 Å². The molecule has 0 heterocycles. The maximum atomic E-state index is 11.3. The van der Waals surface area contributed by atoms with Gasteiger partial charge in [-0.3, -0.25) is 14.4 Å². The Morgan fingerprint density at radius 3 is 2.39 bits per heavy atom. The van der Waals surface area contributed by atoms with Crippen molar-refractivity contribution in [2.24, 2.45) is 11.7 Å². The minimum Gasteiger partial charge on any atom is -0.481 e. The molecule has 0 saturated heterocycles. The molecule has 0 bridgehead atoms. The fourth-order valence-corrected chi connectivity index (χ4v) is 1.14. The van der Waals surface area contributed by atoms with Crippen molar-refractivity contribution in [3.63, 3.8) is 0 Å². The third-order valence-corrected chi connectivity index (χ3v) is 1.97. The topological polar surface area (TPSA) is 119 Å². The molecule has 0 aromatic rings. The predicted octanol–water partition coefficient (Wildman–Crippen LogP) is -0.506. The number of carbonyl (C=O) groups is 3. The molecule has 0 aliphatic rings. The van der Waals surface area contributed by atoms with Crippen LogP contribution in [0.1, 0.15) is 26.7 Å². The van der Waals surface area contributed by atoms with E-state index in [1.807, 2.05) is 13.8 Å². The van der Waals surface area contributed by atoms with Crippen LogP contribution in [0.4, 0.5) is 0 Å². The summed E-state index contributed by atoms with van der Waals surface area (Å²) in [7, 11) is 0. The molecule has 0 rings (SSSR count). The molecule has 0 aromatic carbocycles. The fourth-order valence-electron chi connectivity index (χ4n) is 1.14. The number of ether oxygens (including phenoxy) is 1. The molecule has 7 heteroatoms. The van der Waals surface area contributed by atoms with Gasteiger partial charge in [0.15, 0.2) is 0 Å². The van der Waals surface area contributed by atoms with E-state index in [0.717, 1.165) is 0 Å². The van der Waals surface area contributed by atoms with E-state index in [-0.39, 0.29) is 25.0 Å². The second kappa shape index (κ2) is 8.46. The Bertz CT molecular complexity index is 304. The zero-order chi connectivity index (χ0) is 14.1. The van der Waals surface area contributed by atoms with Crippen LogP contribution in [-0.2, 0) is 19.1 Å². The van der Waals surface area contributed by atoms with E-state index in [9.17, 15) is 14.4 Å². The van der Waals surface area contributed by atoms with Crippen LogP contribution >= 0.6 is 0 Å². The molecule has 0 fully saturated rings. The van der Waals surface area contributed by atoms with Crippen LogP contribution < -0.4 is 11.1 Å². The predicted molar refractivity (Wildman–Crippen MR) is 63.7 cm³/mol. The van der Waals surface area contributed by atoms with Gasteiger partial charge in [-0.05, 0) is 5.92 Å². The Morgan fingerprint density at radius 1 is 1.28 bits per heavy atom. The number of nitrogens with two attached hydrogens (primary N) is 1. The Balaban J connectivity index is 3.68. The van der Waals surface area contributed by atoms with Gasteiger partial charge in [0.1, 0.15) is 6.61 Å². The average Bonchev–Trinajstić information content (AvgIpc) is 2.21. The smallest absolute Gasteiger partial charge is 0.306 e. The number of carboxylic acid groups (broad SMARTS) is 1. The zero-order valence-corrected chi connectivity index (χ0v) is 10.6. The van der Waals surface area contributed by atoms with Gasteiger partial charge in [0.25, 0.3) is 0 Å². The number of carboxylic acids is 1. The summed E-state index contributed by atoms with van der Waals surface area (Å²) in [5.41, 5.74) is 5.33. The maximum Gasteiger partial charge on any atom is 0.306 e. The lowest BCUT2D eigenvalue weighted by molar-refractivity contribution is -0.144. The summed E-state index contributed by atoms with van der Waals surface area (Å²) >= 11 is 0. The second-order valence-electron chi connectivity index (χ2n) is 4.31. The lowest BCUT2D eigenvalue weighted by atomic mass is 10.1. The molecular weight excluding hydrogens is 240 g/mol. The lowest BCUT2D eigenvalue weighted by Crippen LogP contribution is -2.43. The van der Waals surface area contributed by atoms with Crippen molar-refractivity contribution >= 4 is 17.8 Å². The first kappa shape index (κ1) is 16.4. The quantitative estimate of drug-likeness (QED) is 0.399. The van der Waals surface area contributed by atoms with Crippen molar-refractivity contribution in [2.75, 3.05) is 13.2 Å². The van der Waals surface area contributed by atoms with E-state index in [0.29, 0.717) is 6.42 Å². The SMILES string of the molecule is CC(C)CC(=O)OCCNC(=O)C(N)CC(=O)O. The first-order valence-electron chi connectivity index (χ1n) is 5.73. The molecule has 0 spiro atoms. The molecule has 0 aliphatic carbocycles. The summed E-state index contributed by atoms with van der Waals surface area (Å²) in [6.45, 7) is 3.97. The minimum absolute atomic E-state index is 0.0527. The van der Waals surface area contributed by atoms with Gasteiger partial charge in [0, 0.05) is 6.42 Å². The van der Waals surface area contributed by atoms with Crippen molar-refractivity contribution in [3.8, 4) is 0 Å². The molecule has 1 amide bonds. The fraction of sp³-hybridized carbons (Fsp3) is 0.727. The van der Waals surface area contributed by atoms with Crippen LogP contribution in [0.5, 0.6) is 0 Å². The lowest BCUT2D eigenvalue weighted by Gasteiger charge is -2.10. The molecule has 0 aliphatic heterocycles. The van der Waals surface area contributed by atoms with E-state index in [4.69, 9.17) is 15.6 Å². The molecule has 0 radical (unpaired) electrons. The Morgan fingerprint density at radius 2 is 1.89 bits per heavy atom. The van der Waals surface area contributed by atoms with Gasteiger partial charge in [-0.15, -0.1) is 0 Å². The van der Waals surface area contributed by atoms with Crippen LogP contribution in [0.2, 0.25) is 0 Å². The number of aliphatic carboxylic acids is 1. The van der Waals surface area contributed by atoms with E-state index in [1.165, 1.54) is 0 Å². The van der Waals surface area contributed by atoms with Crippen molar-refractivity contribution in [1.29, 1.82) is 0 Å². The van der Waals surface area contributed by atoms with E-state index < -0.39 is 24.3 Å². The van der Waals surface area contributed by atoms with Gasteiger partial charge < -0.3 is 20.9 Å². The number of rotatable bonds is 8. The summed E-state index contributed by atoms with van der Waals surface area (Å²) in [5.74, 6) is -1.82. The Labute approximate surface area is 106 Å². The van der Waals surface area contributed by atoms with Gasteiger partial charge in [0.2, 0.25) is 5.91 Å². The molecule has 1 atom stereocenters. The molecule has 0 saturated carbocycles. The minimum atomic E-state index is -1.14. The summed E-state index contributed by atoms with van der Waals surface area (Å²) in [6.07, 6.45) is -0.106. The first-order valence-corrected chi connectivity index (χ1v) is 5.73. The molecule has 104 valence electrons. The van der Waals surface area contributed by atoms with E-state index in [2.05, 4.69) is 5.32 Å². The van der Waals surface area contributed by atoms with Gasteiger partial charge in [0.05, 0.1) is 19.0 Å². The standard InChI is InChI=1S/C11H20N2O5/c1-7(2)5-10(16)18-4-3-13-11(17)8(12)6-9(14)15/h7-8H,3-6,12H2,1-2H3,(H,13,17)(H,14,15). The highest BCUT2D eigenvalue weighted by molar-refractivity contribution is 5.85. The van der Waals surface area contributed by atoms with Crippen LogP contribution in [0, 0.1) is 5.92 Å². The van der Waals surface area contributed by atoms with Gasteiger partial charge >= 0.3 is 11.9 Å². The van der Waals surface area contributed by atoms with Crippen LogP contribution in [0.3, 0.4) is 0 Å². The normalized spacial score (nSPS) is 12.0. The summed E-state index contributed by atoms with van der Waals surface area (Å²) in [6, 6.07) is -1.09. The molecule has 1 unspecified atom stereocenters. The number of hydrogen-bond donors (Lipinski definition) is 3. The summed E-state index contributed by atoms with van der Waals surface area (Å²) in [4.78, 5) is 32.7. The van der Waals surface area contributed by atoms with Crippen LogP contribution in [0.25, 0.3) is 0 Å². The number of esters is 1. The van der Waals surface area contributed by atoms with Crippen LogP contribution in [-0.4, -0.2) is 42.1 Å². The maximum absolute atomic E-state index is 11.3. The third kappa shape index (κ3) is 8.51. The van der Waals surface area contributed by atoms with Crippen LogP contribution in [0.15, 0.2) is 0 Å². The third-order valence-electron chi connectivity index (χ3n) is 1.97.